The maximum atomic E-state index is 12.1. The van der Waals surface area contributed by atoms with Crippen LogP contribution in [0.2, 0.25) is 0 Å². The second-order valence-electron chi connectivity index (χ2n) is 5.19. The molecule has 0 saturated heterocycles. The van der Waals surface area contributed by atoms with Crippen molar-refractivity contribution in [2.24, 2.45) is 0 Å². The lowest BCUT2D eigenvalue weighted by Crippen LogP contribution is -2.46. The fourth-order valence-electron chi connectivity index (χ4n) is 2.15. The van der Waals surface area contributed by atoms with Crippen LogP contribution in [-0.4, -0.2) is 48.9 Å². The van der Waals surface area contributed by atoms with Gasteiger partial charge in [-0.3, -0.25) is 9.59 Å². The summed E-state index contributed by atoms with van der Waals surface area (Å²) in [7, 11) is 1.32. The molecule has 0 aliphatic rings. The van der Waals surface area contributed by atoms with Crippen molar-refractivity contribution in [2.45, 2.75) is 26.8 Å². The van der Waals surface area contributed by atoms with Crippen LogP contribution in [0.3, 0.4) is 0 Å². The lowest BCUT2D eigenvalue weighted by Gasteiger charge is -2.23. The summed E-state index contributed by atoms with van der Waals surface area (Å²) >= 11 is 0. The van der Waals surface area contributed by atoms with E-state index in [9.17, 15) is 14.4 Å². The minimum absolute atomic E-state index is 0.107. The van der Waals surface area contributed by atoms with Crippen LogP contribution in [-0.2, 0) is 14.3 Å². The minimum atomic E-state index is -0.580. The van der Waals surface area contributed by atoms with E-state index >= 15 is 0 Å². The lowest BCUT2D eigenvalue weighted by atomic mass is 10.1. The van der Waals surface area contributed by atoms with E-state index in [1.165, 1.54) is 13.2 Å². The molecule has 0 spiro atoms. The van der Waals surface area contributed by atoms with Crippen molar-refractivity contribution in [1.29, 1.82) is 0 Å². The van der Waals surface area contributed by atoms with Gasteiger partial charge in [0.05, 0.1) is 12.7 Å². The second-order valence-corrected chi connectivity index (χ2v) is 5.19. The molecule has 1 rings (SSSR count). The largest absolute Gasteiger partial charge is 0.465 e. The van der Waals surface area contributed by atoms with E-state index < -0.39 is 12.0 Å². The molecule has 2 amide bonds. The molecule has 130 valence electrons. The third-order valence-electron chi connectivity index (χ3n) is 3.56. The molecule has 1 unspecified atom stereocenters. The van der Waals surface area contributed by atoms with E-state index in [1.807, 2.05) is 13.8 Å². The zero-order valence-corrected chi connectivity index (χ0v) is 14.5. The molecule has 1 N–H and O–H groups in total. The standard InChI is InChI=1S/C18H24N2O4/c1-5-20(6-2)17(22)13(3)19-16(21)12-9-14-7-10-15(11-8-14)18(23)24-4/h7-13H,5-6H2,1-4H3,(H,19,21). The summed E-state index contributed by atoms with van der Waals surface area (Å²) in [5.74, 6) is -0.865. The first-order valence-electron chi connectivity index (χ1n) is 7.88. The number of carbonyl (C=O) groups excluding carboxylic acids is 3. The van der Waals surface area contributed by atoms with Crippen molar-refractivity contribution in [3.05, 3.63) is 41.5 Å². The lowest BCUT2D eigenvalue weighted by molar-refractivity contribution is -0.134. The van der Waals surface area contributed by atoms with E-state index in [4.69, 9.17) is 0 Å². The number of hydrogen-bond donors (Lipinski definition) is 1. The number of likely N-dealkylation sites (N-methyl/N-ethyl adjacent to an activating group) is 1. The average Bonchev–Trinajstić information content (AvgIpc) is 2.60. The Bertz CT molecular complexity index is 604. The van der Waals surface area contributed by atoms with E-state index in [1.54, 1.807) is 42.2 Å². The highest BCUT2D eigenvalue weighted by atomic mass is 16.5. The third kappa shape index (κ3) is 5.53. The molecule has 6 heteroatoms. The number of ether oxygens (including phenoxy) is 1. The molecule has 0 aromatic heterocycles. The number of esters is 1. The summed E-state index contributed by atoms with van der Waals surface area (Å²) in [6.07, 6.45) is 2.98. The van der Waals surface area contributed by atoms with Crippen LogP contribution in [0.15, 0.2) is 30.3 Å². The topological polar surface area (TPSA) is 75.7 Å². The van der Waals surface area contributed by atoms with Gasteiger partial charge in [-0.2, -0.15) is 0 Å². The fraction of sp³-hybridized carbons (Fsp3) is 0.389. The number of rotatable bonds is 7. The van der Waals surface area contributed by atoms with Crippen LogP contribution < -0.4 is 5.32 Å². The van der Waals surface area contributed by atoms with E-state index in [-0.39, 0.29) is 11.8 Å². The number of amides is 2. The van der Waals surface area contributed by atoms with Gasteiger partial charge in [0.25, 0.3) is 0 Å². The molecule has 0 aliphatic heterocycles. The molecule has 0 radical (unpaired) electrons. The molecule has 1 atom stereocenters. The zero-order valence-electron chi connectivity index (χ0n) is 14.5. The number of benzene rings is 1. The van der Waals surface area contributed by atoms with Gasteiger partial charge in [-0.25, -0.2) is 4.79 Å². The smallest absolute Gasteiger partial charge is 0.337 e. The Kier molecular flexibility index (Phi) is 7.68. The summed E-state index contributed by atoms with van der Waals surface area (Å²) in [6, 6.07) is 6.08. The van der Waals surface area contributed by atoms with Gasteiger partial charge in [0.15, 0.2) is 0 Å². The Morgan fingerprint density at radius 1 is 1.17 bits per heavy atom. The summed E-state index contributed by atoms with van der Waals surface area (Å²) in [4.78, 5) is 37.0. The molecule has 0 heterocycles. The van der Waals surface area contributed by atoms with Gasteiger partial charge in [0.1, 0.15) is 6.04 Å². The van der Waals surface area contributed by atoms with Crippen molar-refractivity contribution in [1.82, 2.24) is 10.2 Å². The van der Waals surface area contributed by atoms with Gasteiger partial charge in [-0.05, 0) is 44.5 Å². The van der Waals surface area contributed by atoms with Crippen LogP contribution in [0.1, 0.15) is 36.7 Å². The maximum Gasteiger partial charge on any atom is 0.337 e. The van der Waals surface area contributed by atoms with Gasteiger partial charge < -0.3 is 15.0 Å². The SMILES string of the molecule is CCN(CC)C(=O)C(C)NC(=O)C=Cc1ccc(C(=O)OC)cc1. The number of methoxy groups -OCH3 is 1. The monoisotopic (exact) mass is 332 g/mol. The van der Waals surface area contributed by atoms with Crippen molar-refractivity contribution in [2.75, 3.05) is 20.2 Å². The highest BCUT2D eigenvalue weighted by molar-refractivity contribution is 5.95. The first-order chi connectivity index (χ1) is 11.4. The van der Waals surface area contributed by atoms with Crippen LogP contribution in [0.25, 0.3) is 6.08 Å². The second kappa shape index (κ2) is 9.50. The van der Waals surface area contributed by atoms with Crippen LogP contribution >= 0.6 is 0 Å². The Labute approximate surface area is 142 Å². The Morgan fingerprint density at radius 2 is 1.75 bits per heavy atom. The van der Waals surface area contributed by atoms with E-state index in [0.29, 0.717) is 18.7 Å². The molecule has 0 aliphatic carbocycles. The number of nitrogens with zero attached hydrogens (tertiary/aromatic N) is 1. The van der Waals surface area contributed by atoms with E-state index in [2.05, 4.69) is 10.1 Å². The summed E-state index contributed by atoms with van der Waals surface area (Å²) in [5.41, 5.74) is 1.21. The molecule has 0 fully saturated rings. The minimum Gasteiger partial charge on any atom is -0.465 e. The summed E-state index contributed by atoms with van der Waals surface area (Å²) in [5, 5.41) is 2.65. The first-order valence-corrected chi connectivity index (χ1v) is 7.88. The third-order valence-corrected chi connectivity index (χ3v) is 3.56. The van der Waals surface area contributed by atoms with Crippen molar-refractivity contribution >= 4 is 23.9 Å². The Hall–Kier alpha value is -2.63. The molecule has 24 heavy (non-hydrogen) atoms. The van der Waals surface area contributed by atoms with Crippen LogP contribution in [0.5, 0.6) is 0 Å². The Balaban J connectivity index is 2.62. The van der Waals surface area contributed by atoms with Crippen LogP contribution in [0.4, 0.5) is 0 Å². The highest BCUT2D eigenvalue weighted by Crippen LogP contribution is 2.07. The van der Waals surface area contributed by atoms with Gasteiger partial charge in [0, 0.05) is 19.2 Å². The molecule has 1 aromatic rings. The predicted molar refractivity (Wildman–Crippen MR) is 92.3 cm³/mol. The predicted octanol–water partition coefficient (Wildman–Crippen LogP) is 1.86. The van der Waals surface area contributed by atoms with E-state index in [0.717, 1.165) is 5.56 Å². The average molecular weight is 332 g/mol. The van der Waals surface area contributed by atoms with Gasteiger partial charge >= 0.3 is 5.97 Å². The van der Waals surface area contributed by atoms with Crippen molar-refractivity contribution < 1.29 is 19.1 Å². The summed E-state index contributed by atoms with van der Waals surface area (Å²) < 4.78 is 4.62. The summed E-state index contributed by atoms with van der Waals surface area (Å²) in [6.45, 7) is 6.68. The van der Waals surface area contributed by atoms with Gasteiger partial charge in [0.2, 0.25) is 11.8 Å². The molecule has 0 saturated carbocycles. The van der Waals surface area contributed by atoms with Crippen molar-refractivity contribution in [3.63, 3.8) is 0 Å². The number of carbonyl (C=O) groups is 3. The zero-order chi connectivity index (χ0) is 18.1. The van der Waals surface area contributed by atoms with Gasteiger partial charge in [-0.15, -0.1) is 0 Å². The maximum absolute atomic E-state index is 12.1. The number of nitrogens with one attached hydrogen (secondary N) is 1. The molecule has 1 aromatic carbocycles. The first kappa shape index (κ1) is 19.4. The quantitative estimate of drug-likeness (QED) is 0.611. The normalized spacial score (nSPS) is 11.8. The fourth-order valence-corrected chi connectivity index (χ4v) is 2.15. The number of hydrogen-bond acceptors (Lipinski definition) is 4. The van der Waals surface area contributed by atoms with Crippen LogP contribution in [0, 0.1) is 0 Å². The molecular formula is C18H24N2O4. The van der Waals surface area contributed by atoms with Gasteiger partial charge in [-0.1, -0.05) is 12.1 Å². The Morgan fingerprint density at radius 3 is 2.25 bits per heavy atom. The van der Waals surface area contributed by atoms with Crippen molar-refractivity contribution in [3.8, 4) is 0 Å². The molecular weight excluding hydrogens is 308 g/mol. The molecule has 0 bridgehead atoms. The molecule has 6 nitrogen and oxygen atoms in total. The highest BCUT2D eigenvalue weighted by Gasteiger charge is 2.18.